The van der Waals surface area contributed by atoms with Gasteiger partial charge in [-0.25, -0.2) is 17.9 Å². The number of H-pyrrole nitrogens is 1. The zero-order valence-corrected chi connectivity index (χ0v) is 16.4. The molecule has 0 fully saturated rings. The fraction of sp³-hybridized carbons (Fsp3) is 0.182. The Labute approximate surface area is 170 Å². The van der Waals surface area contributed by atoms with Gasteiger partial charge in [-0.3, -0.25) is 4.79 Å². The van der Waals surface area contributed by atoms with Gasteiger partial charge in [0, 0.05) is 27.7 Å². The van der Waals surface area contributed by atoms with E-state index in [2.05, 4.69) is 15.4 Å². The van der Waals surface area contributed by atoms with Gasteiger partial charge in [0.05, 0.1) is 19.2 Å². The molecule has 0 aliphatic rings. The quantitative estimate of drug-likeness (QED) is 0.502. The van der Waals surface area contributed by atoms with Crippen molar-refractivity contribution in [3.05, 3.63) is 82.4 Å². The topological polar surface area (TPSA) is 62.7 Å². The normalized spacial score (nSPS) is 11.2. The van der Waals surface area contributed by atoms with Crippen LogP contribution in [0.3, 0.4) is 0 Å². The Morgan fingerprint density at radius 3 is 2.63 bits per heavy atom. The van der Waals surface area contributed by atoms with E-state index < -0.39 is 11.6 Å². The molecule has 1 amide bonds. The molecule has 0 radical (unpaired) electrons. The van der Waals surface area contributed by atoms with Crippen LogP contribution in [0, 0.1) is 31.3 Å². The van der Waals surface area contributed by atoms with Crippen LogP contribution in [0.25, 0.3) is 10.9 Å². The first kappa shape index (κ1) is 19.8. The van der Waals surface area contributed by atoms with Crippen LogP contribution in [0.2, 0.25) is 0 Å². The van der Waals surface area contributed by atoms with Gasteiger partial charge in [-0.2, -0.15) is 5.10 Å². The number of rotatable bonds is 5. The molecule has 2 aromatic heterocycles. The minimum atomic E-state index is -0.557. The van der Waals surface area contributed by atoms with E-state index in [0.717, 1.165) is 29.4 Å². The molecule has 2 heterocycles. The van der Waals surface area contributed by atoms with Gasteiger partial charge in [0.1, 0.15) is 23.3 Å². The number of aromatic amines is 1. The number of fused-ring (bicyclic) bond motifs is 1. The van der Waals surface area contributed by atoms with Crippen molar-refractivity contribution in [1.29, 1.82) is 0 Å². The molecule has 2 aromatic carbocycles. The molecule has 0 spiro atoms. The van der Waals surface area contributed by atoms with Crippen LogP contribution in [-0.4, -0.2) is 20.7 Å². The van der Waals surface area contributed by atoms with Gasteiger partial charge < -0.3 is 10.3 Å². The number of aryl methyl sites for hydroxylation is 2. The summed E-state index contributed by atoms with van der Waals surface area (Å²) in [5.41, 5.74) is 3.03. The Hall–Kier alpha value is -3.55. The number of benzene rings is 2. The van der Waals surface area contributed by atoms with Crippen molar-refractivity contribution in [2.45, 2.75) is 26.8 Å². The number of nitrogens with one attached hydrogen (secondary N) is 2. The molecule has 0 aliphatic heterocycles. The second kappa shape index (κ2) is 7.70. The SMILES string of the molecule is Cc1cnn(Cc2cc(F)ccc2F)c1NC(=O)Cc1c(C)[nH]c2ccc(F)cc12. The van der Waals surface area contributed by atoms with Crippen molar-refractivity contribution in [3.8, 4) is 0 Å². The van der Waals surface area contributed by atoms with Crippen LogP contribution in [0.1, 0.15) is 22.4 Å². The molecule has 5 nitrogen and oxygen atoms in total. The van der Waals surface area contributed by atoms with Gasteiger partial charge in [-0.1, -0.05) is 0 Å². The zero-order chi connectivity index (χ0) is 21.4. The highest BCUT2D eigenvalue weighted by molar-refractivity contribution is 5.96. The molecular formula is C22H19F3N4O. The van der Waals surface area contributed by atoms with Gasteiger partial charge in [-0.15, -0.1) is 0 Å². The number of aromatic nitrogens is 3. The van der Waals surface area contributed by atoms with Crippen molar-refractivity contribution in [2.24, 2.45) is 0 Å². The molecule has 0 bridgehead atoms. The van der Waals surface area contributed by atoms with Crippen LogP contribution in [-0.2, 0) is 17.8 Å². The molecule has 0 saturated carbocycles. The maximum atomic E-state index is 14.0. The standard InChI is InChI=1S/C22H19F3N4O/c1-12-10-26-29(11-14-7-15(23)3-5-19(14)25)22(12)28-21(30)9-17-13(2)27-20-6-4-16(24)8-18(17)20/h3-8,10,27H,9,11H2,1-2H3,(H,28,30). The molecule has 0 saturated heterocycles. The first-order valence-corrected chi connectivity index (χ1v) is 9.34. The van der Waals surface area contributed by atoms with Crippen molar-refractivity contribution >= 4 is 22.6 Å². The Morgan fingerprint density at radius 1 is 1.10 bits per heavy atom. The lowest BCUT2D eigenvalue weighted by Crippen LogP contribution is -2.19. The highest BCUT2D eigenvalue weighted by Gasteiger charge is 2.17. The maximum Gasteiger partial charge on any atom is 0.230 e. The second-order valence-corrected chi connectivity index (χ2v) is 7.21. The summed E-state index contributed by atoms with van der Waals surface area (Å²) in [5, 5.41) is 7.61. The maximum absolute atomic E-state index is 14.0. The minimum Gasteiger partial charge on any atom is -0.358 e. The molecule has 8 heteroatoms. The zero-order valence-electron chi connectivity index (χ0n) is 16.4. The molecular weight excluding hydrogens is 393 g/mol. The summed E-state index contributed by atoms with van der Waals surface area (Å²) < 4.78 is 42.5. The Bertz CT molecular complexity index is 1260. The molecule has 2 N–H and O–H groups in total. The molecule has 30 heavy (non-hydrogen) atoms. The van der Waals surface area contributed by atoms with Gasteiger partial charge in [0.2, 0.25) is 5.91 Å². The lowest BCUT2D eigenvalue weighted by Gasteiger charge is -2.11. The largest absolute Gasteiger partial charge is 0.358 e. The van der Waals surface area contributed by atoms with Gasteiger partial charge >= 0.3 is 0 Å². The number of carbonyl (C=O) groups excluding carboxylic acids is 1. The van der Waals surface area contributed by atoms with E-state index in [1.54, 1.807) is 19.2 Å². The fourth-order valence-corrected chi connectivity index (χ4v) is 3.51. The van der Waals surface area contributed by atoms with Gasteiger partial charge in [0.25, 0.3) is 0 Å². The van der Waals surface area contributed by atoms with Crippen LogP contribution < -0.4 is 5.32 Å². The predicted octanol–water partition coefficient (Wildman–Crippen LogP) is 4.63. The van der Waals surface area contributed by atoms with Crippen molar-refractivity contribution in [2.75, 3.05) is 5.32 Å². The van der Waals surface area contributed by atoms with E-state index in [-0.39, 0.29) is 30.3 Å². The number of halogens is 3. The predicted molar refractivity (Wildman–Crippen MR) is 108 cm³/mol. The van der Waals surface area contributed by atoms with Gasteiger partial charge in [-0.05, 0) is 55.8 Å². The molecule has 0 unspecified atom stereocenters. The van der Waals surface area contributed by atoms with Crippen LogP contribution in [0.5, 0.6) is 0 Å². The van der Waals surface area contributed by atoms with Crippen LogP contribution >= 0.6 is 0 Å². The Kier molecular flexibility index (Phi) is 5.07. The third-order valence-corrected chi connectivity index (χ3v) is 5.03. The first-order valence-electron chi connectivity index (χ1n) is 9.34. The molecule has 0 aliphatic carbocycles. The summed E-state index contributed by atoms with van der Waals surface area (Å²) in [6, 6.07) is 7.58. The Morgan fingerprint density at radius 2 is 1.83 bits per heavy atom. The average molecular weight is 412 g/mol. The van der Waals surface area contributed by atoms with Crippen molar-refractivity contribution < 1.29 is 18.0 Å². The Balaban J connectivity index is 1.57. The molecule has 4 aromatic rings. The summed E-state index contributed by atoms with van der Waals surface area (Å²) in [7, 11) is 0. The number of hydrogen-bond donors (Lipinski definition) is 2. The van der Waals surface area contributed by atoms with Crippen molar-refractivity contribution in [1.82, 2.24) is 14.8 Å². The highest BCUT2D eigenvalue weighted by atomic mass is 19.1. The molecule has 0 atom stereocenters. The monoisotopic (exact) mass is 412 g/mol. The second-order valence-electron chi connectivity index (χ2n) is 7.21. The molecule has 4 rings (SSSR count). The summed E-state index contributed by atoms with van der Waals surface area (Å²) in [6.45, 7) is 3.54. The third-order valence-electron chi connectivity index (χ3n) is 5.03. The molecule has 154 valence electrons. The highest BCUT2D eigenvalue weighted by Crippen LogP contribution is 2.24. The lowest BCUT2D eigenvalue weighted by atomic mass is 10.1. The van der Waals surface area contributed by atoms with E-state index in [1.807, 2.05) is 6.92 Å². The summed E-state index contributed by atoms with van der Waals surface area (Å²) in [5.74, 6) is -1.42. The van der Waals surface area contributed by atoms with E-state index in [4.69, 9.17) is 0 Å². The first-order chi connectivity index (χ1) is 14.3. The number of carbonyl (C=O) groups is 1. The van der Waals surface area contributed by atoms with Gasteiger partial charge in [0.15, 0.2) is 0 Å². The van der Waals surface area contributed by atoms with Crippen LogP contribution in [0.4, 0.5) is 19.0 Å². The number of nitrogens with zero attached hydrogens (tertiary/aromatic N) is 2. The number of hydrogen-bond acceptors (Lipinski definition) is 2. The lowest BCUT2D eigenvalue weighted by molar-refractivity contribution is -0.115. The minimum absolute atomic E-state index is 0.0221. The summed E-state index contributed by atoms with van der Waals surface area (Å²) in [6.07, 6.45) is 1.56. The summed E-state index contributed by atoms with van der Waals surface area (Å²) >= 11 is 0. The smallest absolute Gasteiger partial charge is 0.230 e. The fourth-order valence-electron chi connectivity index (χ4n) is 3.51. The third kappa shape index (κ3) is 3.80. The van der Waals surface area contributed by atoms with E-state index in [1.165, 1.54) is 16.8 Å². The summed E-state index contributed by atoms with van der Waals surface area (Å²) in [4.78, 5) is 15.9. The van der Waals surface area contributed by atoms with E-state index >= 15 is 0 Å². The van der Waals surface area contributed by atoms with Crippen LogP contribution in [0.15, 0.2) is 42.6 Å². The average Bonchev–Trinajstić information content (AvgIpc) is 3.18. The number of anilines is 1. The van der Waals surface area contributed by atoms with Crippen molar-refractivity contribution in [3.63, 3.8) is 0 Å². The van der Waals surface area contributed by atoms with E-state index in [0.29, 0.717) is 22.3 Å². The van der Waals surface area contributed by atoms with E-state index in [9.17, 15) is 18.0 Å². The number of amides is 1.